The molecule has 1 unspecified atom stereocenters. The van der Waals surface area contributed by atoms with Crippen LogP contribution in [0.15, 0.2) is 17.1 Å². The minimum Gasteiger partial charge on any atom is -0.370 e. The maximum atomic E-state index is 12.3. The van der Waals surface area contributed by atoms with Crippen LogP contribution in [0.3, 0.4) is 0 Å². The van der Waals surface area contributed by atoms with Crippen LogP contribution in [0.5, 0.6) is 0 Å². The first kappa shape index (κ1) is 16.0. The summed E-state index contributed by atoms with van der Waals surface area (Å²) in [6, 6.07) is 1.96. The van der Waals surface area contributed by atoms with Crippen LogP contribution in [0.2, 0.25) is 0 Å². The van der Waals surface area contributed by atoms with E-state index in [1.54, 1.807) is 12.3 Å². The fourth-order valence-corrected chi connectivity index (χ4v) is 3.80. The van der Waals surface area contributed by atoms with Crippen molar-refractivity contribution in [3.05, 3.63) is 22.6 Å². The lowest BCUT2D eigenvalue weighted by Gasteiger charge is -2.34. The van der Waals surface area contributed by atoms with Gasteiger partial charge >= 0.3 is 0 Å². The maximum absolute atomic E-state index is 12.3. The molecule has 1 aliphatic heterocycles. The maximum Gasteiger partial charge on any atom is 0.266 e. The number of piperidine rings is 1. The predicted octanol–water partition coefficient (Wildman–Crippen LogP) is 1.83. The Bertz CT molecular complexity index is 580. The second kappa shape index (κ2) is 7.62. The van der Waals surface area contributed by atoms with E-state index in [0.717, 1.165) is 44.5 Å². The van der Waals surface area contributed by atoms with Crippen LogP contribution in [-0.2, 0) is 4.79 Å². The molecule has 1 saturated carbocycles. The second-order valence-corrected chi connectivity index (χ2v) is 6.86. The van der Waals surface area contributed by atoms with Crippen LogP contribution in [-0.4, -0.2) is 35.2 Å². The van der Waals surface area contributed by atoms with Gasteiger partial charge in [0.25, 0.3) is 5.56 Å². The van der Waals surface area contributed by atoms with Crippen molar-refractivity contribution in [2.75, 3.05) is 18.0 Å². The fourth-order valence-electron chi connectivity index (χ4n) is 3.80. The van der Waals surface area contributed by atoms with E-state index >= 15 is 0 Å². The quantitative estimate of drug-likeness (QED) is 0.888. The molecular weight excluding hydrogens is 292 g/mol. The van der Waals surface area contributed by atoms with E-state index in [1.807, 2.05) is 0 Å². The summed E-state index contributed by atoms with van der Waals surface area (Å²) in [7, 11) is 0. The van der Waals surface area contributed by atoms with Crippen molar-refractivity contribution < 1.29 is 4.79 Å². The molecule has 23 heavy (non-hydrogen) atoms. The Hall–Kier alpha value is -1.85. The molecule has 1 amide bonds. The van der Waals surface area contributed by atoms with Gasteiger partial charge in [0.05, 0.1) is 11.9 Å². The fraction of sp³-hybridized carbons (Fsp3) is 0.706. The molecule has 2 N–H and O–H groups in total. The highest BCUT2D eigenvalue weighted by Crippen LogP contribution is 2.24. The summed E-state index contributed by atoms with van der Waals surface area (Å²) < 4.78 is 0. The first-order valence-corrected chi connectivity index (χ1v) is 8.80. The SMILES string of the molecule is O=C(CC1CCCN(c2cn[nH]c(=O)c2)C1)NC1CCCCC1. The van der Waals surface area contributed by atoms with Gasteiger partial charge in [-0.2, -0.15) is 5.10 Å². The van der Waals surface area contributed by atoms with Gasteiger partial charge in [-0.25, -0.2) is 5.10 Å². The molecule has 2 aliphatic rings. The number of carbonyl (C=O) groups is 1. The van der Waals surface area contributed by atoms with Crippen molar-refractivity contribution >= 4 is 11.6 Å². The predicted molar refractivity (Wildman–Crippen MR) is 89.4 cm³/mol. The zero-order valence-electron chi connectivity index (χ0n) is 13.6. The molecule has 2 heterocycles. The van der Waals surface area contributed by atoms with Gasteiger partial charge in [0.1, 0.15) is 0 Å². The third-order valence-corrected chi connectivity index (χ3v) is 4.98. The van der Waals surface area contributed by atoms with Gasteiger partial charge in [-0.3, -0.25) is 9.59 Å². The Balaban J connectivity index is 1.52. The molecule has 1 aromatic heterocycles. The van der Waals surface area contributed by atoms with Crippen LogP contribution in [0, 0.1) is 5.92 Å². The lowest BCUT2D eigenvalue weighted by molar-refractivity contribution is -0.123. The molecule has 1 saturated heterocycles. The van der Waals surface area contributed by atoms with Crippen molar-refractivity contribution in [2.24, 2.45) is 5.92 Å². The van der Waals surface area contributed by atoms with Gasteiger partial charge in [-0.1, -0.05) is 19.3 Å². The normalized spacial score (nSPS) is 22.8. The number of aromatic nitrogens is 2. The summed E-state index contributed by atoms with van der Waals surface area (Å²) in [5.74, 6) is 0.541. The molecule has 6 nitrogen and oxygen atoms in total. The zero-order chi connectivity index (χ0) is 16.1. The van der Waals surface area contributed by atoms with Gasteiger partial charge in [0.15, 0.2) is 0 Å². The molecular formula is C17H26N4O2. The summed E-state index contributed by atoms with van der Waals surface area (Å²) >= 11 is 0. The minimum atomic E-state index is -0.181. The molecule has 0 spiro atoms. The van der Waals surface area contributed by atoms with Crippen LogP contribution in [0.25, 0.3) is 0 Å². The summed E-state index contributed by atoms with van der Waals surface area (Å²) in [6.45, 7) is 1.75. The third kappa shape index (κ3) is 4.56. The minimum absolute atomic E-state index is 0.181. The van der Waals surface area contributed by atoms with Gasteiger partial charge in [-0.15, -0.1) is 0 Å². The number of anilines is 1. The van der Waals surface area contributed by atoms with Crippen LogP contribution in [0.1, 0.15) is 51.4 Å². The van der Waals surface area contributed by atoms with Crippen LogP contribution >= 0.6 is 0 Å². The molecule has 6 heteroatoms. The van der Waals surface area contributed by atoms with E-state index in [-0.39, 0.29) is 11.5 Å². The van der Waals surface area contributed by atoms with E-state index in [1.165, 1.54) is 19.3 Å². The lowest BCUT2D eigenvalue weighted by atomic mass is 9.92. The number of hydrogen-bond donors (Lipinski definition) is 2. The topological polar surface area (TPSA) is 78.1 Å². The number of hydrogen-bond acceptors (Lipinski definition) is 4. The largest absolute Gasteiger partial charge is 0.370 e. The molecule has 1 aliphatic carbocycles. The smallest absolute Gasteiger partial charge is 0.266 e. The molecule has 0 radical (unpaired) electrons. The first-order valence-electron chi connectivity index (χ1n) is 8.80. The Labute approximate surface area is 136 Å². The summed E-state index contributed by atoms with van der Waals surface area (Å²) in [5, 5.41) is 9.47. The zero-order valence-corrected chi connectivity index (χ0v) is 13.6. The van der Waals surface area contributed by atoms with E-state index in [4.69, 9.17) is 0 Å². The Morgan fingerprint density at radius 1 is 1.26 bits per heavy atom. The third-order valence-electron chi connectivity index (χ3n) is 4.98. The lowest BCUT2D eigenvalue weighted by Crippen LogP contribution is -2.41. The van der Waals surface area contributed by atoms with E-state index in [0.29, 0.717) is 18.4 Å². The van der Waals surface area contributed by atoms with Gasteiger partial charge in [-0.05, 0) is 31.6 Å². The number of nitrogens with zero attached hydrogens (tertiary/aromatic N) is 2. The number of rotatable bonds is 4. The van der Waals surface area contributed by atoms with Crippen molar-refractivity contribution in [1.82, 2.24) is 15.5 Å². The second-order valence-electron chi connectivity index (χ2n) is 6.86. The highest BCUT2D eigenvalue weighted by molar-refractivity contribution is 5.76. The molecule has 2 fully saturated rings. The van der Waals surface area contributed by atoms with Gasteiger partial charge < -0.3 is 10.2 Å². The van der Waals surface area contributed by atoms with Crippen LogP contribution < -0.4 is 15.8 Å². The van der Waals surface area contributed by atoms with Gasteiger partial charge in [0, 0.05) is 31.6 Å². The van der Waals surface area contributed by atoms with Crippen molar-refractivity contribution in [3.8, 4) is 0 Å². The number of amides is 1. The van der Waals surface area contributed by atoms with Crippen molar-refractivity contribution in [2.45, 2.75) is 57.4 Å². The highest BCUT2D eigenvalue weighted by atomic mass is 16.1. The average molecular weight is 318 g/mol. The van der Waals surface area contributed by atoms with E-state index in [2.05, 4.69) is 20.4 Å². The summed E-state index contributed by atoms with van der Waals surface area (Å²) in [5.41, 5.74) is 0.672. The Morgan fingerprint density at radius 3 is 2.87 bits per heavy atom. The highest BCUT2D eigenvalue weighted by Gasteiger charge is 2.24. The molecule has 3 rings (SSSR count). The average Bonchev–Trinajstić information content (AvgIpc) is 2.56. The molecule has 0 bridgehead atoms. The molecule has 0 aromatic carbocycles. The molecule has 126 valence electrons. The molecule has 1 atom stereocenters. The van der Waals surface area contributed by atoms with E-state index < -0.39 is 0 Å². The standard InChI is InChI=1S/C17H26N4O2/c22-16(19-14-6-2-1-3-7-14)9-13-5-4-8-21(12-13)15-10-17(23)20-18-11-15/h10-11,13-14H,1-9,12H2,(H,19,22)(H,20,23). The van der Waals surface area contributed by atoms with Crippen molar-refractivity contribution in [3.63, 3.8) is 0 Å². The molecule has 1 aromatic rings. The van der Waals surface area contributed by atoms with Crippen LogP contribution in [0.4, 0.5) is 5.69 Å². The number of nitrogens with one attached hydrogen (secondary N) is 2. The summed E-state index contributed by atoms with van der Waals surface area (Å²) in [4.78, 5) is 25.9. The summed E-state index contributed by atoms with van der Waals surface area (Å²) in [6.07, 6.45) is 10.4. The van der Waals surface area contributed by atoms with E-state index in [9.17, 15) is 9.59 Å². The van der Waals surface area contributed by atoms with Gasteiger partial charge in [0.2, 0.25) is 5.91 Å². The Kier molecular flexibility index (Phi) is 5.31. The van der Waals surface area contributed by atoms with Crippen molar-refractivity contribution in [1.29, 1.82) is 0 Å². The number of H-pyrrole nitrogens is 1. The monoisotopic (exact) mass is 318 g/mol. The Morgan fingerprint density at radius 2 is 2.09 bits per heavy atom. The number of aromatic amines is 1. The number of carbonyl (C=O) groups excluding carboxylic acids is 1. The first-order chi connectivity index (χ1) is 11.2.